The molecule has 0 aromatic heterocycles. The third-order valence-corrected chi connectivity index (χ3v) is 2.55. The summed E-state index contributed by atoms with van der Waals surface area (Å²) in [5.74, 6) is 0. The van der Waals surface area contributed by atoms with Gasteiger partial charge in [0.2, 0.25) is 0 Å². The molecule has 0 fully saturated rings. The van der Waals surface area contributed by atoms with Crippen molar-refractivity contribution in [2.45, 2.75) is 25.7 Å². The molecule has 1 rings (SSSR count). The molecule has 12 heavy (non-hydrogen) atoms. The van der Waals surface area contributed by atoms with Gasteiger partial charge in [-0.2, -0.15) is 0 Å². The second kappa shape index (κ2) is 3.70. The van der Waals surface area contributed by atoms with E-state index in [0.717, 1.165) is 12.0 Å². The van der Waals surface area contributed by atoms with Gasteiger partial charge in [0.05, 0.1) is 6.67 Å². The maximum absolute atomic E-state index is 12.7. The van der Waals surface area contributed by atoms with Crippen LogP contribution in [0, 0.1) is 0 Å². The van der Waals surface area contributed by atoms with Crippen LogP contribution in [0.1, 0.15) is 25.8 Å². The summed E-state index contributed by atoms with van der Waals surface area (Å²) >= 11 is 0. The SMILES string of the molecule is CCC(C)(CF)c1ccccc1. The molecule has 0 amide bonds. The summed E-state index contributed by atoms with van der Waals surface area (Å²) in [5.41, 5.74) is 0.802. The Hall–Kier alpha value is -0.850. The largest absolute Gasteiger partial charge is 0.250 e. The zero-order valence-electron chi connectivity index (χ0n) is 7.68. The van der Waals surface area contributed by atoms with E-state index in [-0.39, 0.29) is 12.1 Å². The molecule has 1 aromatic carbocycles. The van der Waals surface area contributed by atoms with Crippen LogP contribution in [0.2, 0.25) is 0 Å². The molecule has 66 valence electrons. The van der Waals surface area contributed by atoms with Crippen molar-refractivity contribution in [1.29, 1.82) is 0 Å². The average molecular weight is 166 g/mol. The predicted molar refractivity (Wildman–Crippen MR) is 50.1 cm³/mol. The highest BCUT2D eigenvalue weighted by molar-refractivity contribution is 5.24. The fraction of sp³-hybridized carbons (Fsp3) is 0.455. The second-order valence-electron chi connectivity index (χ2n) is 3.41. The fourth-order valence-corrected chi connectivity index (χ4v) is 1.22. The highest BCUT2D eigenvalue weighted by Gasteiger charge is 2.23. The maximum atomic E-state index is 12.7. The zero-order chi connectivity index (χ0) is 9.03. The molecule has 0 spiro atoms. The van der Waals surface area contributed by atoms with Gasteiger partial charge >= 0.3 is 0 Å². The summed E-state index contributed by atoms with van der Waals surface area (Å²) < 4.78 is 12.7. The summed E-state index contributed by atoms with van der Waals surface area (Å²) in [4.78, 5) is 0. The molecule has 0 saturated heterocycles. The minimum atomic E-state index is -0.290. The lowest BCUT2D eigenvalue weighted by atomic mass is 9.81. The Labute approximate surface area is 73.4 Å². The third kappa shape index (κ3) is 1.66. The summed E-state index contributed by atoms with van der Waals surface area (Å²) in [6.45, 7) is 3.70. The molecule has 0 radical (unpaired) electrons. The molecule has 0 N–H and O–H groups in total. The molecule has 1 atom stereocenters. The molecule has 0 aliphatic heterocycles. The van der Waals surface area contributed by atoms with Crippen LogP contribution in [0.5, 0.6) is 0 Å². The Morgan fingerprint density at radius 1 is 1.25 bits per heavy atom. The number of alkyl halides is 1. The lowest BCUT2D eigenvalue weighted by molar-refractivity contribution is 0.318. The molecule has 0 aliphatic rings. The Morgan fingerprint density at radius 3 is 2.25 bits per heavy atom. The van der Waals surface area contributed by atoms with Crippen LogP contribution in [-0.4, -0.2) is 6.67 Å². The van der Waals surface area contributed by atoms with E-state index in [0.29, 0.717) is 0 Å². The molecule has 1 aromatic rings. The van der Waals surface area contributed by atoms with Gasteiger partial charge in [-0.1, -0.05) is 44.2 Å². The van der Waals surface area contributed by atoms with Crippen molar-refractivity contribution in [1.82, 2.24) is 0 Å². The minimum absolute atomic E-state index is 0.284. The molecule has 0 saturated carbocycles. The van der Waals surface area contributed by atoms with Crippen molar-refractivity contribution >= 4 is 0 Å². The Balaban J connectivity index is 2.95. The first kappa shape index (κ1) is 9.24. The van der Waals surface area contributed by atoms with Crippen LogP contribution in [0.25, 0.3) is 0 Å². The quantitative estimate of drug-likeness (QED) is 0.646. The molecule has 0 nitrogen and oxygen atoms in total. The smallest absolute Gasteiger partial charge is 0.0988 e. The van der Waals surface area contributed by atoms with Gasteiger partial charge in [-0.05, 0) is 12.0 Å². The Kier molecular flexibility index (Phi) is 2.85. The molecule has 1 unspecified atom stereocenters. The van der Waals surface area contributed by atoms with Crippen molar-refractivity contribution in [3.63, 3.8) is 0 Å². The first-order valence-corrected chi connectivity index (χ1v) is 4.34. The molecule has 1 heteroatoms. The zero-order valence-corrected chi connectivity index (χ0v) is 7.68. The number of hydrogen-bond donors (Lipinski definition) is 0. The Morgan fingerprint density at radius 2 is 1.83 bits per heavy atom. The van der Waals surface area contributed by atoms with Crippen molar-refractivity contribution < 1.29 is 4.39 Å². The Bertz CT molecular complexity index is 224. The van der Waals surface area contributed by atoms with Crippen LogP contribution in [0.4, 0.5) is 4.39 Å². The van der Waals surface area contributed by atoms with Crippen molar-refractivity contribution in [2.24, 2.45) is 0 Å². The van der Waals surface area contributed by atoms with E-state index in [4.69, 9.17) is 0 Å². The summed E-state index contributed by atoms with van der Waals surface area (Å²) in [5, 5.41) is 0. The first-order chi connectivity index (χ1) is 5.73. The van der Waals surface area contributed by atoms with Gasteiger partial charge in [-0.25, -0.2) is 0 Å². The van der Waals surface area contributed by atoms with E-state index < -0.39 is 0 Å². The van der Waals surface area contributed by atoms with Gasteiger partial charge in [-0.3, -0.25) is 4.39 Å². The average Bonchev–Trinajstić information content (AvgIpc) is 2.18. The van der Waals surface area contributed by atoms with E-state index in [1.165, 1.54) is 0 Å². The van der Waals surface area contributed by atoms with E-state index in [1.807, 2.05) is 44.2 Å². The summed E-state index contributed by atoms with van der Waals surface area (Å²) in [7, 11) is 0. The molecule has 0 bridgehead atoms. The predicted octanol–water partition coefficient (Wildman–Crippen LogP) is 3.32. The maximum Gasteiger partial charge on any atom is 0.0988 e. The second-order valence-corrected chi connectivity index (χ2v) is 3.41. The van der Waals surface area contributed by atoms with Gasteiger partial charge in [-0.15, -0.1) is 0 Å². The van der Waals surface area contributed by atoms with Gasteiger partial charge in [0.15, 0.2) is 0 Å². The van der Waals surface area contributed by atoms with Gasteiger partial charge < -0.3 is 0 Å². The first-order valence-electron chi connectivity index (χ1n) is 4.34. The normalized spacial score (nSPS) is 15.6. The third-order valence-electron chi connectivity index (χ3n) is 2.55. The van der Waals surface area contributed by atoms with E-state index in [1.54, 1.807) is 0 Å². The molecule has 0 heterocycles. The van der Waals surface area contributed by atoms with Crippen LogP contribution in [-0.2, 0) is 5.41 Å². The number of hydrogen-bond acceptors (Lipinski definition) is 0. The lowest BCUT2D eigenvalue weighted by Crippen LogP contribution is -2.23. The fourth-order valence-electron chi connectivity index (χ4n) is 1.22. The van der Waals surface area contributed by atoms with Crippen molar-refractivity contribution in [3.8, 4) is 0 Å². The standard InChI is InChI=1S/C11H15F/c1-3-11(2,9-12)10-7-5-4-6-8-10/h4-8H,3,9H2,1-2H3. The molecule has 0 aliphatic carbocycles. The summed E-state index contributed by atoms with van der Waals surface area (Å²) in [6, 6.07) is 9.85. The molecular formula is C11H15F. The number of halogens is 1. The number of benzene rings is 1. The molecular weight excluding hydrogens is 151 g/mol. The van der Waals surface area contributed by atoms with Crippen LogP contribution in [0.15, 0.2) is 30.3 Å². The van der Waals surface area contributed by atoms with Crippen molar-refractivity contribution in [3.05, 3.63) is 35.9 Å². The van der Waals surface area contributed by atoms with E-state index in [2.05, 4.69) is 0 Å². The van der Waals surface area contributed by atoms with Crippen LogP contribution in [0.3, 0.4) is 0 Å². The number of rotatable bonds is 3. The van der Waals surface area contributed by atoms with Crippen LogP contribution >= 0.6 is 0 Å². The topological polar surface area (TPSA) is 0 Å². The van der Waals surface area contributed by atoms with Crippen molar-refractivity contribution in [2.75, 3.05) is 6.67 Å². The van der Waals surface area contributed by atoms with Crippen LogP contribution < -0.4 is 0 Å². The monoisotopic (exact) mass is 166 g/mol. The highest BCUT2D eigenvalue weighted by Crippen LogP contribution is 2.27. The highest BCUT2D eigenvalue weighted by atomic mass is 19.1. The van der Waals surface area contributed by atoms with Gasteiger partial charge in [0.1, 0.15) is 0 Å². The summed E-state index contributed by atoms with van der Waals surface area (Å²) in [6.07, 6.45) is 0.841. The lowest BCUT2D eigenvalue weighted by Gasteiger charge is -2.24. The minimum Gasteiger partial charge on any atom is -0.250 e. The van der Waals surface area contributed by atoms with Gasteiger partial charge in [0, 0.05) is 5.41 Å². The van der Waals surface area contributed by atoms with E-state index in [9.17, 15) is 4.39 Å². The van der Waals surface area contributed by atoms with Gasteiger partial charge in [0.25, 0.3) is 0 Å². The van der Waals surface area contributed by atoms with E-state index >= 15 is 0 Å².